The number of carbonyl (C=O) groups excluding carboxylic acids is 1. The van der Waals surface area contributed by atoms with Crippen LogP contribution in [0.15, 0.2) is 24.9 Å². The summed E-state index contributed by atoms with van der Waals surface area (Å²) >= 11 is 0. The molecule has 0 unspecified atom stereocenters. The van der Waals surface area contributed by atoms with Crippen LogP contribution in [0.1, 0.15) is 29.4 Å². The first-order valence-electron chi connectivity index (χ1n) is 6.45. The lowest BCUT2D eigenvalue weighted by Crippen LogP contribution is -2.34. The summed E-state index contributed by atoms with van der Waals surface area (Å²) in [6.45, 7) is 3.88. The number of aromatic nitrogens is 1. The molecule has 1 saturated carbocycles. The molecule has 0 saturated heterocycles. The molecule has 1 heterocycles. The number of nitro groups is 1. The average Bonchev–Trinajstić information content (AvgIpc) is 3.16. The van der Waals surface area contributed by atoms with Crippen molar-refractivity contribution in [2.45, 2.75) is 18.9 Å². The molecule has 0 radical (unpaired) electrons. The standard InChI is InChI=1S/C13H17N3O4/c1-2-5-14(6-7-17)13(18)12-8-11(16(19)20)9-15(12)10-3-4-10/h2,8-10,17H,1,3-7H2. The third-order valence-electron chi connectivity index (χ3n) is 3.21. The van der Waals surface area contributed by atoms with Crippen LogP contribution in [0.2, 0.25) is 0 Å². The van der Waals surface area contributed by atoms with Gasteiger partial charge in [0.15, 0.2) is 0 Å². The van der Waals surface area contributed by atoms with E-state index in [4.69, 9.17) is 5.11 Å². The molecule has 1 aliphatic rings. The highest BCUT2D eigenvalue weighted by atomic mass is 16.6. The smallest absolute Gasteiger partial charge is 0.287 e. The molecule has 0 spiro atoms. The van der Waals surface area contributed by atoms with E-state index in [1.165, 1.54) is 17.2 Å². The van der Waals surface area contributed by atoms with Gasteiger partial charge in [0.2, 0.25) is 0 Å². The van der Waals surface area contributed by atoms with Crippen molar-refractivity contribution < 1.29 is 14.8 Å². The van der Waals surface area contributed by atoms with E-state index in [2.05, 4.69) is 6.58 Å². The number of amides is 1. The maximum absolute atomic E-state index is 12.4. The molecule has 0 atom stereocenters. The Morgan fingerprint density at radius 3 is 2.85 bits per heavy atom. The fourth-order valence-corrected chi connectivity index (χ4v) is 2.11. The molecule has 7 heteroatoms. The van der Waals surface area contributed by atoms with Crippen molar-refractivity contribution in [3.8, 4) is 0 Å². The third kappa shape index (κ3) is 2.88. The SMILES string of the molecule is C=CCN(CCO)C(=O)c1cc([N+](=O)[O-])cn1C1CC1. The van der Waals surface area contributed by atoms with E-state index in [0.717, 1.165) is 12.8 Å². The highest BCUT2D eigenvalue weighted by Gasteiger charge is 2.31. The molecule has 1 N–H and O–H groups in total. The van der Waals surface area contributed by atoms with E-state index in [-0.39, 0.29) is 30.8 Å². The summed E-state index contributed by atoms with van der Waals surface area (Å²) in [6.07, 6.45) is 4.82. The van der Waals surface area contributed by atoms with Gasteiger partial charge < -0.3 is 14.6 Å². The molecule has 20 heavy (non-hydrogen) atoms. The van der Waals surface area contributed by atoms with Crippen LogP contribution < -0.4 is 0 Å². The van der Waals surface area contributed by atoms with Gasteiger partial charge in [0.25, 0.3) is 11.6 Å². The minimum absolute atomic E-state index is 0.0807. The quantitative estimate of drug-likeness (QED) is 0.463. The van der Waals surface area contributed by atoms with Crippen LogP contribution in [0, 0.1) is 10.1 Å². The van der Waals surface area contributed by atoms with Crippen molar-refractivity contribution in [2.24, 2.45) is 0 Å². The van der Waals surface area contributed by atoms with Gasteiger partial charge in [-0.3, -0.25) is 14.9 Å². The van der Waals surface area contributed by atoms with Gasteiger partial charge in [-0.25, -0.2) is 0 Å². The second-order valence-electron chi connectivity index (χ2n) is 4.74. The minimum Gasteiger partial charge on any atom is -0.395 e. The maximum Gasteiger partial charge on any atom is 0.287 e. The molecule has 0 aromatic carbocycles. The van der Waals surface area contributed by atoms with Gasteiger partial charge in [0, 0.05) is 25.2 Å². The van der Waals surface area contributed by atoms with Gasteiger partial charge in [-0.1, -0.05) is 6.08 Å². The van der Waals surface area contributed by atoms with Crippen molar-refractivity contribution in [1.82, 2.24) is 9.47 Å². The summed E-state index contributed by atoms with van der Waals surface area (Å²) in [5.41, 5.74) is 0.220. The van der Waals surface area contributed by atoms with Crippen molar-refractivity contribution in [1.29, 1.82) is 0 Å². The van der Waals surface area contributed by atoms with Gasteiger partial charge in [-0.15, -0.1) is 6.58 Å². The number of hydrogen-bond acceptors (Lipinski definition) is 4. The number of rotatable bonds is 7. The van der Waals surface area contributed by atoms with Gasteiger partial charge >= 0.3 is 0 Å². The first-order valence-corrected chi connectivity index (χ1v) is 6.45. The molecule has 1 aliphatic carbocycles. The highest BCUT2D eigenvalue weighted by molar-refractivity contribution is 5.93. The monoisotopic (exact) mass is 279 g/mol. The fraction of sp³-hybridized carbons (Fsp3) is 0.462. The lowest BCUT2D eigenvalue weighted by Gasteiger charge is -2.20. The zero-order valence-electron chi connectivity index (χ0n) is 11.1. The molecule has 1 aromatic rings. The molecule has 0 aliphatic heterocycles. The Labute approximate surface area is 116 Å². The number of aliphatic hydroxyl groups is 1. The number of nitrogens with zero attached hydrogens (tertiary/aromatic N) is 3. The van der Waals surface area contributed by atoms with E-state index in [9.17, 15) is 14.9 Å². The number of aliphatic hydroxyl groups excluding tert-OH is 1. The van der Waals surface area contributed by atoms with Crippen LogP contribution in [0.3, 0.4) is 0 Å². The Bertz CT molecular complexity index is 534. The van der Waals surface area contributed by atoms with Crippen LogP contribution in [0.25, 0.3) is 0 Å². The highest BCUT2D eigenvalue weighted by Crippen LogP contribution is 2.38. The van der Waals surface area contributed by atoms with Gasteiger partial charge in [0.1, 0.15) is 5.69 Å². The summed E-state index contributed by atoms with van der Waals surface area (Å²) in [5, 5.41) is 19.9. The predicted octanol–water partition coefficient (Wildman–Crippen LogP) is 1.35. The van der Waals surface area contributed by atoms with Crippen molar-refractivity contribution in [2.75, 3.05) is 19.7 Å². The average molecular weight is 279 g/mol. The van der Waals surface area contributed by atoms with Crippen LogP contribution in [0.4, 0.5) is 5.69 Å². The Balaban J connectivity index is 2.31. The predicted molar refractivity (Wildman–Crippen MR) is 72.5 cm³/mol. The second kappa shape index (κ2) is 5.87. The van der Waals surface area contributed by atoms with Crippen molar-refractivity contribution in [3.05, 3.63) is 40.7 Å². The van der Waals surface area contributed by atoms with Crippen molar-refractivity contribution >= 4 is 11.6 Å². The number of hydrogen-bond donors (Lipinski definition) is 1. The first-order chi connectivity index (χ1) is 9.58. The molecule has 1 aromatic heterocycles. The summed E-state index contributed by atoms with van der Waals surface area (Å²) in [6, 6.07) is 1.47. The maximum atomic E-state index is 12.4. The molecule has 7 nitrogen and oxygen atoms in total. The largest absolute Gasteiger partial charge is 0.395 e. The molecular weight excluding hydrogens is 262 g/mol. The Hall–Kier alpha value is -2.15. The van der Waals surface area contributed by atoms with Gasteiger partial charge in [-0.2, -0.15) is 0 Å². The van der Waals surface area contributed by atoms with Crippen LogP contribution in [-0.2, 0) is 0 Å². The number of carbonyl (C=O) groups is 1. The topological polar surface area (TPSA) is 88.6 Å². The molecule has 108 valence electrons. The lowest BCUT2D eigenvalue weighted by molar-refractivity contribution is -0.384. The minimum atomic E-state index is -0.500. The zero-order valence-corrected chi connectivity index (χ0v) is 11.1. The van der Waals surface area contributed by atoms with Crippen LogP contribution in [-0.4, -0.2) is 45.1 Å². The van der Waals surface area contributed by atoms with E-state index in [0.29, 0.717) is 12.2 Å². The fourth-order valence-electron chi connectivity index (χ4n) is 2.11. The Morgan fingerprint density at radius 2 is 2.35 bits per heavy atom. The summed E-state index contributed by atoms with van der Waals surface area (Å²) in [7, 11) is 0. The second-order valence-corrected chi connectivity index (χ2v) is 4.74. The van der Waals surface area contributed by atoms with E-state index in [1.807, 2.05) is 0 Å². The molecule has 2 rings (SSSR count). The van der Waals surface area contributed by atoms with Crippen molar-refractivity contribution in [3.63, 3.8) is 0 Å². The lowest BCUT2D eigenvalue weighted by atomic mass is 10.3. The normalized spacial score (nSPS) is 14.1. The van der Waals surface area contributed by atoms with E-state index < -0.39 is 4.92 Å². The summed E-state index contributed by atoms with van der Waals surface area (Å²) in [5.74, 6) is -0.320. The first kappa shape index (κ1) is 14.3. The van der Waals surface area contributed by atoms with Gasteiger partial charge in [0.05, 0.1) is 17.7 Å². The third-order valence-corrected chi connectivity index (χ3v) is 3.21. The van der Waals surface area contributed by atoms with Crippen LogP contribution >= 0.6 is 0 Å². The summed E-state index contributed by atoms with van der Waals surface area (Å²) < 4.78 is 1.67. The molecule has 0 bridgehead atoms. The van der Waals surface area contributed by atoms with E-state index in [1.54, 1.807) is 10.6 Å². The Morgan fingerprint density at radius 1 is 1.65 bits per heavy atom. The van der Waals surface area contributed by atoms with Crippen LogP contribution in [0.5, 0.6) is 0 Å². The van der Waals surface area contributed by atoms with E-state index >= 15 is 0 Å². The molecule has 1 fully saturated rings. The zero-order chi connectivity index (χ0) is 14.7. The Kier molecular flexibility index (Phi) is 4.19. The van der Waals surface area contributed by atoms with Gasteiger partial charge in [-0.05, 0) is 12.8 Å². The molecule has 1 amide bonds. The summed E-state index contributed by atoms with van der Waals surface area (Å²) in [4.78, 5) is 24.2. The molecular formula is C13H17N3O4.